The van der Waals surface area contributed by atoms with Gasteiger partial charge in [0, 0.05) is 32.4 Å². The van der Waals surface area contributed by atoms with Crippen molar-refractivity contribution >= 4 is 32.4 Å². The van der Waals surface area contributed by atoms with Gasteiger partial charge in [0.15, 0.2) is 10.7 Å². The van der Waals surface area contributed by atoms with Gasteiger partial charge < -0.3 is 11.1 Å². The Morgan fingerprint density at radius 1 is 1.53 bits per heavy atom. The predicted molar refractivity (Wildman–Crippen MR) is 73.3 cm³/mol. The lowest BCUT2D eigenvalue weighted by Crippen LogP contribution is -2.23. The van der Waals surface area contributed by atoms with E-state index in [0.717, 1.165) is 21.4 Å². The molecule has 2 heterocycles. The van der Waals surface area contributed by atoms with Crippen LogP contribution < -0.4 is 11.1 Å². The topological polar surface area (TPSA) is 117 Å². The molecule has 2 aromatic heterocycles. The number of nitrogens with two attached hydrogens (primary N) is 1. The normalized spacial score (nSPS) is 11.9. The van der Waals surface area contributed by atoms with Crippen molar-refractivity contribution in [2.45, 2.75) is 11.4 Å². The molecule has 104 valence electrons. The molecule has 0 spiro atoms. The van der Waals surface area contributed by atoms with E-state index in [1.54, 1.807) is 12.4 Å². The second-order valence-corrected chi connectivity index (χ2v) is 6.84. The fourth-order valence-corrected chi connectivity index (χ4v) is 3.47. The molecule has 0 saturated heterocycles. The number of rotatable bonds is 5. The first-order chi connectivity index (χ1) is 8.93. The summed E-state index contributed by atoms with van der Waals surface area (Å²) in [5.74, 6) is 0.00777. The Kier molecular flexibility index (Phi) is 3.73. The maximum atomic E-state index is 12.2. The zero-order valence-electron chi connectivity index (χ0n) is 10.4. The molecule has 2 rings (SSSR count). The molecule has 0 atom stereocenters. The van der Waals surface area contributed by atoms with Crippen LogP contribution in [0.1, 0.15) is 5.56 Å². The average molecular weight is 302 g/mol. The van der Waals surface area contributed by atoms with Crippen LogP contribution >= 0.6 is 11.5 Å². The summed E-state index contributed by atoms with van der Waals surface area (Å²) in [4.78, 5) is 0.0194. The number of H-pyrrole nitrogens is 1. The fraction of sp³-hybridized carbons (Fsp3) is 0.333. The third-order valence-electron chi connectivity index (χ3n) is 2.42. The van der Waals surface area contributed by atoms with Gasteiger partial charge in [0.1, 0.15) is 5.00 Å². The summed E-state index contributed by atoms with van der Waals surface area (Å²) in [7, 11) is -0.714. The Morgan fingerprint density at radius 2 is 2.26 bits per heavy atom. The van der Waals surface area contributed by atoms with Crippen molar-refractivity contribution in [1.29, 1.82) is 0 Å². The van der Waals surface area contributed by atoms with Crippen LogP contribution in [0.3, 0.4) is 0 Å². The smallest absolute Gasteiger partial charge is 0.249 e. The molecule has 0 bridgehead atoms. The highest BCUT2D eigenvalue weighted by Crippen LogP contribution is 2.33. The van der Waals surface area contributed by atoms with Crippen molar-refractivity contribution in [1.82, 2.24) is 18.9 Å². The number of nitrogen functional groups attached to an aromatic ring is 1. The summed E-state index contributed by atoms with van der Waals surface area (Å²) >= 11 is 1.02. The van der Waals surface area contributed by atoms with E-state index in [0.29, 0.717) is 11.5 Å². The monoisotopic (exact) mass is 302 g/mol. The number of hydrogen-bond acceptors (Lipinski definition) is 7. The molecule has 0 aliphatic heterocycles. The minimum atomic E-state index is -3.62. The molecule has 0 aliphatic carbocycles. The number of aromatic nitrogens is 3. The van der Waals surface area contributed by atoms with Gasteiger partial charge in [-0.1, -0.05) is 0 Å². The highest BCUT2D eigenvalue weighted by molar-refractivity contribution is 7.89. The van der Waals surface area contributed by atoms with E-state index < -0.39 is 10.0 Å². The van der Waals surface area contributed by atoms with Gasteiger partial charge in [0.05, 0.1) is 6.20 Å². The maximum Gasteiger partial charge on any atom is 0.249 e. The Labute approximate surface area is 114 Å². The van der Waals surface area contributed by atoms with Gasteiger partial charge in [-0.05, 0) is 11.5 Å². The molecular formula is C9H14N6O2S2. The minimum absolute atomic E-state index is 0.00777. The number of nitrogens with one attached hydrogen (secondary N) is 2. The Balaban J connectivity index is 2.28. The molecule has 0 aromatic carbocycles. The largest absolute Gasteiger partial charge is 0.382 e. The molecule has 0 amide bonds. The number of anilines is 2. The van der Waals surface area contributed by atoms with Gasteiger partial charge in [0.2, 0.25) is 10.0 Å². The quantitative estimate of drug-likeness (QED) is 0.732. The van der Waals surface area contributed by atoms with Crippen LogP contribution in [0.15, 0.2) is 17.3 Å². The molecule has 10 heteroatoms. The first kappa shape index (κ1) is 13.8. The summed E-state index contributed by atoms with van der Waals surface area (Å²) in [5, 5.41) is 9.92. The van der Waals surface area contributed by atoms with Crippen LogP contribution in [-0.2, 0) is 16.6 Å². The zero-order chi connectivity index (χ0) is 14.0. The Bertz CT molecular complexity index is 646. The highest BCUT2D eigenvalue weighted by atomic mass is 32.2. The van der Waals surface area contributed by atoms with Crippen molar-refractivity contribution in [2.24, 2.45) is 0 Å². The van der Waals surface area contributed by atoms with Gasteiger partial charge in [0.25, 0.3) is 0 Å². The molecule has 0 unspecified atom stereocenters. The first-order valence-corrected chi connectivity index (χ1v) is 7.53. The average Bonchev–Trinajstić information content (AvgIpc) is 2.95. The van der Waals surface area contributed by atoms with Crippen LogP contribution in [0.2, 0.25) is 0 Å². The third kappa shape index (κ3) is 2.69. The molecule has 2 aromatic rings. The van der Waals surface area contributed by atoms with Crippen molar-refractivity contribution in [2.75, 3.05) is 25.1 Å². The Morgan fingerprint density at radius 3 is 2.84 bits per heavy atom. The van der Waals surface area contributed by atoms with Gasteiger partial charge in [-0.2, -0.15) is 9.47 Å². The lowest BCUT2D eigenvalue weighted by Gasteiger charge is -2.12. The lowest BCUT2D eigenvalue weighted by atomic mass is 10.4. The van der Waals surface area contributed by atoms with Crippen LogP contribution in [0, 0.1) is 0 Å². The van der Waals surface area contributed by atoms with Crippen LogP contribution in [0.5, 0.6) is 0 Å². The molecule has 19 heavy (non-hydrogen) atoms. The van der Waals surface area contributed by atoms with E-state index >= 15 is 0 Å². The van der Waals surface area contributed by atoms with E-state index in [1.165, 1.54) is 14.1 Å². The third-order valence-corrected chi connectivity index (χ3v) is 5.26. The molecule has 0 fully saturated rings. The van der Waals surface area contributed by atoms with Crippen LogP contribution in [-0.4, -0.2) is 41.4 Å². The van der Waals surface area contributed by atoms with Gasteiger partial charge in [-0.25, -0.2) is 12.7 Å². The molecular weight excluding hydrogens is 288 g/mol. The number of aromatic amines is 1. The molecule has 0 saturated carbocycles. The number of hydrogen-bond donors (Lipinski definition) is 3. The molecule has 4 N–H and O–H groups in total. The SMILES string of the molecule is CN(C)S(=O)(=O)c1c(N)nsc1NCc1cn[nH]c1. The van der Waals surface area contributed by atoms with Gasteiger partial charge >= 0.3 is 0 Å². The summed E-state index contributed by atoms with van der Waals surface area (Å²) in [6.45, 7) is 0.439. The van der Waals surface area contributed by atoms with E-state index in [2.05, 4.69) is 19.9 Å². The highest BCUT2D eigenvalue weighted by Gasteiger charge is 2.27. The number of nitrogens with zero attached hydrogens (tertiary/aromatic N) is 3. The molecule has 8 nitrogen and oxygen atoms in total. The molecule has 0 aliphatic rings. The number of sulfonamides is 1. The zero-order valence-corrected chi connectivity index (χ0v) is 12.0. The minimum Gasteiger partial charge on any atom is -0.382 e. The molecule has 0 radical (unpaired) electrons. The van der Waals surface area contributed by atoms with E-state index in [-0.39, 0.29) is 10.7 Å². The standard InChI is InChI=1S/C9H14N6O2S2/c1-15(2)19(16,17)7-8(10)14-18-9(7)11-3-6-4-12-13-5-6/h4-5,11H,3H2,1-2H3,(H2,10,14)(H,12,13). The summed E-state index contributed by atoms with van der Waals surface area (Å²) < 4.78 is 29.3. The lowest BCUT2D eigenvalue weighted by molar-refractivity contribution is 0.521. The summed E-state index contributed by atoms with van der Waals surface area (Å²) in [6, 6.07) is 0. The van der Waals surface area contributed by atoms with Crippen LogP contribution in [0.25, 0.3) is 0 Å². The Hall–Kier alpha value is -1.65. The van der Waals surface area contributed by atoms with Gasteiger partial charge in [-0.3, -0.25) is 5.10 Å². The van der Waals surface area contributed by atoms with Crippen LogP contribution in [0.4, 0.5) is 10.8 Å². The van der Waals surface area contributed by atoms with E-state index in [9.17, 15) is 8.42 Å². The predicted octanol–water partition coefficient (Wildman–Crippen LogP) is 0.311. The van der Waals surface area contributed by atoms with Crippen molar-refractivity contribution in [3.05, 3.63) is 18.0 Å². The fourth-order valence-electron chi connectivity index (χ4n) is 1.40. The van der Waals surface area contributed by atoms with E-state index in [1.807, 2.05) is 0 Å². The summed E-state index contributed by atoms with van der Waals surface area (Å²) in [6.07, 6.45) is 3.37. The van der Waals surface area contributed by atoms with Crippen molar-refractivity contribution < 1.29 is 8.42 Å². The summed E-state index contributed by atoms with van der Waals surface area (Å²) in [5.41, 5.74) is 6.55. The van der Waals surface area contributed by atoms with Gasteiger partial charge in [-0.15, -0.1) is 0 Å². The van der Waals surface area contributed by atoms with Crippen molar-refractivity contribution in [3.63, 3.8) is 0 Å². The first-order valence-electron chi connectivity index (χ1n) is 5.32. The van der Waals surface area contributed by atoms with Crippen molar-refractivity contribution in [3.8, 4) is 0 Å². The van der Waals surface area contributed by atoms with E-state index in [4.69, 9.17) is 5.73 Å². The second kappa shape index (κ2) is 5.15. The maximum absolute atomic E-state index is 12.2. The second-order valence-electron chi connectivity index (χ2n) is 3.97.